The Morgan fingerprint density at radius 1 is 1.50 bits per heavy atom. The highest BCUT2D eigenvalue weighted by Crippen LogP contribution is 2.14. The van der Waals surface area contributed by atoms with E-state index in [-0.39, 0.29) is 17.3 Å². The van der Waals surface area contributed by atoms with Crippen LogP contribution in [0.2, 0.25) is 0 Å². The molecule has 1 rings (SSSR count). The van der Waals surface area contributed by atoms with E-state index in [2.05, 4.69) is 4.98 Å². The lowest BCUT2D eigenvalue weighted by atomic mass is 10.2. The summed E-state index contributed by atoms with van der Waals surface area (Å²) in [5, 5.41) is 17.6. The zero-order valence-electron chi connectivity index (χ0n) is 9.30. The van der Waals surface area contributed by atoms with Crippen LogP contribution >= 0.6 is 0 Å². The van der Waals surface area contributed by atoms with Gasteiger partial charge in [-0.3, -0.25) is 4.79 Å². The minimum Gasteiger partial charge on any atom is -0.347 e. The quantitative estimate of drug-likeness (QED) is 0.711. The Labute approximate surface area is 93.3 Å². The molecule has 6 nitrogen and oxygen atoms in total. The molecule has 1 aromatic rings. The summed E-state index contributed by atoms with van der Waals surface area (Å²) in [7, 11) is 3.26. The van der Waals surface area contributed by atoms with E-state index in [1.165, 1.54) is 15.8 Å². The molecular formula is C10H11N5O. The third-order valence-corrected chi connectivity index (χ3v) is 2.22. The molecule has 6 heteroatoms. The van der Waals surface area contributed by atoms with Crippen LogP contribution < -0.4 is 0 Å². The number of nitriles is 2. The molecule has 1 heterocycles. The Hall–Kier alpha value is -2.34. The first kappa shape index (κ1) is 11.7. The van der Waals surface area contributed by atoms with Crippen molar-refractivity contribution in [1.29, 1.82) is 10.5 Å². The Morgan fingerprint density at radius 2 is 2.12 bits per heavy atom. The maximum Gasteiger partial charge on any atom is 0.244 e. The molecule has 0 aliphatic heterocycles. The average molecular weight is 217 g/mol. The van der Waals surface area contributed by atoms with Crippen LogP contribution in [0.25, 0.3) is 0 Å². The van der Waals surface area contributed by atoms with Crippen molar-refractivity contribution in [2.45, 2.75) is 13.0 Å². The zero-order valence-corrected chi connectivity index (χ0v) is 9.30. The van der Waals surface area contributed by atoms with Gasteiger partial charge in [-0.25, -0.2) is 4.98 Å². The number of amides is 1. The van der Waals surface area contributed by atoms with Crippen LogP contribution in [0.5, 0.6) is 0 Å². The van der Waals surface area contributed by atoms with Crippen molar-refractivity contribution in [3.8, 4) is 12.1 Å². The fraction of sp³-hybridized carbons (Fsp3) is 0.400. The van der Waals surface area contributed by atoms with E-state index in [4.69, 9.17) is 10.5 Å². The lowest BCUT2D eigenvalue weighted by molar-refractivity contribution is -0.131. The monoisotopic (exact) mass is 217 g/mol. The molecule has 0 spiro atoms. The van der Waals surface area contributed by atoms with Gasteiger partial charge in [0.2, 0.25) is 5.91 Å². The molecule has 0 N–H and O–H groups in total. The maximum absolute atomic E-state index is 11.7. The van der Waals surface area contributed by atoms with Gasteiger partial charge in [-0.05, 0) is 6.92 Å². The summed E-state index contributed by atoms with van der Waals surface area (Å²) in [6.45, 7) is 1.66. The molecule has 0 bridgehead atoms. The van der Waals surface area contributed by atoms with E-state index in [0.29, 0.717) is 0 Å². The molecule has 0 saturated carbocycles. The number of aromatic nitrogens is 2. The summed E-state index contributed by atoms with van der Waals surface area (Å²) in [5.41, 5.74) is 0.158. The van der Waals surface area contributed by atoms with Crippen LogP contribution in [-0.2, 0) is 4.79 Å². The second-order valence-corrected chi connectivity index (χ2v) is 3.48. The average Bonchev–Trinajstić information content (AvgIpc) is 2.69. The van der Waals surface area contributed by atoms with Gasteiger partial charge in [-0.2, -0.15) is 10.5 Å². The van der Waals surface area contributed by atoms with Gasteiger partial charge in [-0.15, -0.1) is 0 Å². The molecule has 0 fully saturated rings. The molecule has 82 valence electrons. The summed E-state index contributed by atoms with van der Waals surface area (Å²) in [4.78, 5) is 16.9. The van der Waals surface area contributed by atoms with Gasteiger partial charge in [0.1, 0.15) is 18.2 Å². The predicted octanol–water partition coefficient (Wildman–Crippen LogP) is 0.276. The van der Waals surface area contributed by atoms with Crippen LogP contribution in [-0.4, -0.2) is 34.5 Å². The van der Waals surface area contributed by atoms with E-state index in [0.717, 1.165) is 0 Å². The summed E-state index contributed by atoms with van der Waals surface area (Å²) in [5.74, 6) is -0.154. The van der Waals surface area contributed by atoms with Crippen molar-refractivity contribution in [2.24, 2.45) is 0 Å². The first-order chi connectivity index (χ1) is 7.52. The van der Waals surface area contributed by atoms with Gasteiger partial charge < -0.3 is 9.47 Å². The highest BCUT2D eigenvalue weighted by Gasteiger charge is 2.21. The molecule has 0 aromatic carbocycles. The third kappa shape index (κ3) is 1.86. The normalized spacial score (nSPS) is 11.3. The van der Waals surface area contributed by atoms with Gasteiger partial charge in [0, 0.05) is 14.1 Å². The molecule has 1 amide bonds. The molecule has 1 unspecified atom stereocenters. The Kier molecular flexibility index (Phi) is 3.27. The van der Waals surface area contributed by atoms with Crippen molar-refractivity contribution in [2.75, 3.05) is 14.1 Å². The van der Waals surface area contributed by atoms with Gasteiger partial charge in [0.15, 0.2) is 11.4 Å². The van der Waals surface area contributed by atoms with Crippen molar-refractivity contribution < 1.29 is 4.79 Å². The third-order valence-electron chi connectivity index (χ3n) is 2.22. The van der Waals surface area contributed by atoms with Crippen molar-refractivity contribution in [3.05, 3.63) is 17.7 Å². The van der Waals surface area contributed by atoms with Crippen molar-refractivity contribution in [1.82, 2.24) is 14.5 Å². The molecular weight excluding hydrogens is 206 g/mol. The van der Waals surface area contributed by atoms with Gasteiger partial charge in [-0.1, -0.05) is 0 Å². The number of carbonyl (C=O) groups is 1. The number of nitrogens with zero attached hydrogens (tertiary/aromatic N) is 5. The second kappa shape index (κ2) is 4.45. The first-order valence-corrected chi connectivity index (χ1v) is 4.61. The highest BCUT2D eigenvalue weighted by atomic mass is 16.2. The lowest BCUT2D eigenvalue weighted by Crippen LogP contribution is -2.30. The molecule has 0 aliphatic rings. The fourth-order valence-corrected chi connectivity index (χ4v) is 1.34. The molecule has 1 aromatic heterocycles. The first-order valence-electron chi connectivity index (χ1n) is 4.61. The van der Waals surface area contributed by atoms with E-state index in [9.17, 15) is 4.79 Å². The molecule has 16 heavy (non-hydrogen) atoms. The van der Waals surface area contributed by atoms with Gasteiger partial charge in [0.05, 0.1) is 6.33 Å². The summed E-state index contributed by atoms with van der Waals surface area (Å²) >= 11 is 0. The van der Waals surface area contributed by atoms with E-state index in [1.54, 1.807) is 21.0 Å². The van der Waals surface area contributed by atoms with Crippen molar-refractivity contribution in [3.63, 3.8) is 0 Å². The summed E-state index contributed by atoms with van der Waals surface area (Å²) < 4.78 is 1.40. The Balaban J connectivity index is 3.16. The van der Waals surface area contributed by atoms with Crippen molar-refractivity contribution >= 4 is 5.91 Å². The minimum absolute atomic E-state index is 0.0425. The molecule has 0 radical (unpaired) electrons. The summed E-state index contributed by atoms with van der Waals surface area (Å²) in [6, 6.07) is 3.15. The predicted molar refractivity (Wildman–Crippen MR) is 55.1 cm³/mol. The Bertz CT molecular complexity index is 488. The molecule has 0 saturated heterocycles. The standard InChI is InChI=1S/C10H11N5O/c1-7(10(16)14(2)3)15-6-13-8(4-11)9(15)5-12/h6-7H,1-3H3. The van der Waals surface area contributed by atoms with Gasteiger partial charge >= 0.3 is 0 Å². The number of hydrogen-bond donors (Lipinski definition) is 0. The largest absolute Gasteiger partial charge is 0.347 e. The zero-order chi connectivity index (χ0) is 12.3. The van der Waals surface area contributed by atoms with Crippen LogP contribution in [0.1, 0.15) is 24.4 Å². The molecule has 1 atom stereocenters. The number of hydrogen-bond acceptors (Lipinski definition) is 4. The Morgan fingerprint density at radius 3 is 2.56 bits per heavy atom. The van der Waals surface area contributed by atoms with E-state index in [1.807, 2.05) is 12.1 Å². The fourth-order valence-electron chi connectivity index (χ4n) is 1.34. The van der Waals surface area contributed by atoms with Gasteiger partial charge in [0.25, 0.3) is 0 Å². The van der Waals surface area contributed by atoms with E-state index < -0.39 is 6.04 Å². The SMILES string of the molecule is CC(C(=O)N(C)C)n1cnc(C#N)c1C#N. The van der Waals surface area contributed by atoms with Crippen LogP contribution in [0.4, 0.5) is 0 Å². The highest BCUT2D eigenvalue weighted by molar-refractivity contribution is 5.79. The number of rotatable bonds is 2. The van der Waals surface area contributed by atoms with E-state index >= 15 is 0 Å². The summed E-state index contributed by atoms with van der Waals surface area (Å²) in [6.07, 6.45) is 1.34. The maximum atomic E-state index is 11.7. The van der Waals surface area contributed by atoms with Crippen LogP contribution in [0, 0.1) is 22.7 Å². The molecule has 0 aliphatic carbocycles. The second-order valence-electron chi connectivity index (χ2n) is 3.48. The smallest absolute Gasteiger partial charge is 0.244 e. The topological polar surface area (TPSA) is 85.7 Å². The number of imidazole rings is 1. The number of likely N-dealkylation sites (N-methyl/N-ethyl adjacent to an activating group) is 1. The lowest BCUT2D eigenvalue weighted by Gasteiger charge is -2.18. The number of carbonyl (C=O) groups excluding carboxylic acids is 1. The van der Waals surface area contributed by atoms with Crippen LogP contribution in [0.3, 0.4) is 0 Å². The minimum atomic E-state index is -0.542. The van der Waals surface area contributed by atoms with Crippen LogP contribution in [0.15, 0.2) is 6.33 Å².